The number of allylic oxidation sites excluding steroid dienone is 4. The first-order chi connectivity index (χ1) is 5.97. The second kappa shape index (κ2) is 4.83. The van der Waals surface area contributed by atoms with Crippen LogP contribution in [0, 0.1) is 0 Å². The molecule has 2 aliphatic rings. The fraction of sp³-hybridized carbons (Fsp3) is 0.500. The van der Waals surface area contributed by atoms with Crippen LogP contribution in [-0.2, 0) is 0 Å². The van der Waals surface area contributed by atoms with Crippen LogP contribution in [-0.4, -0.2) is 0 Å². The maximum atomic E-state index is 3.00. The van der Waals surface area contributed by atoms with E-state index in [0.717, 1.165) is 0 Å². The van der Waals surface area contributed by atoms with Crippen LogP contribution >= 0.6 is 0 Å². The largest absolute Gasteiger partial charge is 0.0699 e. The van der Waals surface area contributed by atoms with E-state index in [-0.39, 0.29) is 0 Å². The van der Waals surface area contributed by atoms with Crippen LogP contribution in [0.25, 0.3) is 0 Å². The highest BCUT2D eigenvalue weighted by Gasteiger charge is 2.08. The van der Waals surface area contributed by atoms with Gasteiger partial charge < -0.3 is 0 Å². The molecule has 0 aromatic heterocycles. The molecule has 12 heavy (non-hydrogen) atoms. The maximum absolute atomic E-state index is 3.00. The summed E-state index contributed by atoms with van der Waals surface area (Å²) >= 11 is 0. The average molecular weight is 160 g/mol. The van der Waals surface area contributed by atoms with Crippen LogP contribution in [0.5, 0.6) is 0 Å². The highest BCUT2D eigenvalue weighted by atomic mass is 14.1. The molecular formula is C12H16. The fourth-order valence-corrected chi connectivity index (χ4v) is 1.54. The maximum Gasteiger partial charge on any atom is -0.00803 e. The first-order valence-electron chi connectivity index (χ1n) is 4.86. The Hall–Kier alpha value is -0.960. The Kier molecular flexibility index (Phi) is 3.67. The van der Waals surface area contributed by atoms with Crippen molar-refractivity contribution in [3.05, 3.63) is 34.8 Å². The van der Waals surface area contributed by atoms with Crippen LogP contribution in [0.3, 0.4) is 0 Å². The monoisotopic (exact) mass is 160 g/mol. The lowest BCUT2D eigenvalue weighted by atomic mass is 9.90. The molecule has 0 radical (unpaired) electrons. The molecule has 0 aromatic rings. The van der Waals surface area contributed by atoms with Crippen LogP contribution in [0.2, 0.25) is 0 Å². The normalized spacial score (nSPS) is 18.5. The molecule has 2 aliphatic carbocycles. The Morgan fingerprint density at radius 1 is 0.917 bits per heavy atom. The Morgan fingerprint density at radius 3 is 1.75 bits per heavy atom. The van der Waals surface area contributed by atoms with E-state index in [2.05, 4.69) is 23.6 Å². The van der Waals surface area contributed by atoms with Gasteiger partial charge in [-0.1, -0.05) is 25.3 Å². The summed E-state index contributed by atoms with van der Waals surface area (Å²) in [6, 6.07) is 0. The fourth-order valence-electron chi connectivity index (χ4n) is 1.54. The van der Waals surface area contributed by atoms with Gasteiger partial charge in [0.2, 0.25) is 0 Å². The van der Waals surface area contributed by atoms with Crippen molar-refractivity contribution in [1.82, 2.24) is 0 Å². The van der Waals surface area contributed by atoms with Gasteiger partial charge in [-0.15, -0.1) is 0 Å². The summed E-state index contributed by atoms with van der Waals surface area (Å²) in [6.45, 7) is 4.00. The highest BCUT2D eigenvalue weighted by Crippen LogP contribution is 2.26. The summed E-state index contributed by atoms with van der Waals surface area (Å²) in [5.41, 5.74) is 8.97. The van der Waals surface area contributed by atoms with E-state index in [9.17, 15) is 0 Å². The number of hydrogen-bond acceptors (Lipinski definition) is 0. The Bertz CT molecular complexity index is 238. The second-order valence-corrected chi connectivity index (χ2v) is 2.83. The molecule has 64 valence electrons. The predicted molar refractivity (Wildman–Crippen MR) is 53.0 cm³/mol. The van der Waals surface area contributed by atoms with Gasteiger partial charge in [0.05, 0.1) is 0 Å². The molecule has 0 saturated heterocycles. The van der Waals surface area contributed by atoms with E-state index >= 15 is 0 Å². The Morgan fingerprint density at radius 2 is 1.33 bits per heavy atom. The van der Waals surface area contributed by atoms with Gasteiger partial charge in [-0.05, 0) is 49.0 Å². The van der Waals surface area contributed by atoms with Gasteiger partial charge in [0, 0.05) is 0 Å². The first-order valence-corrected chi connectivity index (χ1v) is 4.86. The van der Waals surface area contributed by atoms with Crippen molar-refractivity contribution in [3.63, 3.8) is 0 Å². The molecule has 0 spiro atoms. The zero-order chi connectivity index (χ0) is 8.81. The summed E-state index contributed by atoms with van der Waals surface area (Å²) < 4.78 is 0. The van der Waals surface area contributed by atoms with E-state index in [1.54, 1.807) is 0 Å². The summed E-state index contributed by atoms with van der Waals surface area (Å²) in [7, 11) is 0. The molecule has 0 atom stereocenters. The molecule has 0 heterocycles. The zero-order valence-electron chi connectivity index (χ0n) is 7.98. The minimum atomic E-state index is 1.25. The Balaban J connectivity index is 0.000000336. The molecule has 0 aliphatic heterocycles. The van der Waals surface area contributed by atoms with Crippen LogP contribution in [0.15, 0.2) is 34.8 Å². The van der Waals surface area contributed by atoms with Gasteiger partial charge in [0.25, 0.3) is 0 Å². The van der Waals surface area contributed by atoms with Crippen molar-refractivity contribution in [2.75, 3.05) is 0 Å². The average Bonchev–Trinajstić information content (AvgIpc) is 2.21. The van der Waals surface area contributed by atoms with Crippen molar-refractivity contribution >= 4 is 0 Å². The molecule has 0 bridgehead atoms. The smallest absolute Gasteiger partial charge is 0.00803 e. The molecular weight excluding hydrogens is 144 g/mol. The number of hydrogen-bond donors (Lipinski definition) is 0. The van der Waals surface area contributed by atoms with Gasteiger partial charge in [-0.25, -0.2) is 0 Å². The lowest BCUT2D eigenvalue weighted by Crippen LogP contribution is -1.96. The van der Waals surface area contributed by atoms with Gasteiger partial charge in [-0.2, -0.15) is 0 Å². The molecule has 0 saturated carbocycles. The van der Waals surface area contributed by atoms with Gasteiger partial charge in [-0.3, -0.25) is 0 Å². The standard InChI is InChI=1S/C10H10.C2H6/c1-2-6-10-8-4-3-7-9(10)5-1;1-2/h7-8H,1-2,5-6H2;1-2H3. The van der Waals surface area contributed by atoms with E-state index in [1.165, 1.54) is 36.8 Å². The lowest BCUT2D eigenvalue weighted by Gasteiger charge is -2.14. The van der Waals surface area contributed by atoms with Crippen LogP contribution < -0.4 is 0 Å². The SMILES string of the molecule is C1=C=CC2=C(C=1)CCCC2.CC. The van der Waals surface area contributed by atoms with Gasteiger partial charge in [0.1, 0.15) is 0 Å². The predicted octanol–water partition coefficient (Wildman–Crippen LogP) is 3.76. The Labute approximate surface area is 75.0 Å². The topological polar surface area (TPSA) is 0 Å². The second-order valence-electron chi connectivity index (χ2n) is 2.83. The van der Waals surface area contributed by atoms with Crippen LogP contribution in [0.1, 0.15) is 39.5 Å². The highest BCUT2D eigenvalue weighted by molar-refractivity contribution is 5.37. The molecule has 0 heteroatoms. The van der Waals surface area contributed by atoms with Crippen molar-refractivity contribution in [2.24, 2.45) is 0 Å². The summed E-state index contributed by atoms with van der Waals surface area (Å²) in [6.07, 6.45) is 9.36. The lowest BCUT2D eigenvalue weighted by molar-refractivity contribution is 0.693. The van der Waals surface area contributed by atoms with E-state index in [0.29, 0.717) is 0 Å². The molecule has 2 rings (SSSR count). The third kappa shape index (κ3) is 2.01. The van der Waals surface area contributed by atoms with Crippen LogP contribution in [0.4, 0.5) is 0 Å². The van der Waals surface area contributed by atoms with Crippen molar-refractivity contribution < 1.29 is 0 Å². The molecule has 0 amide bonds. The van der Waals surface area contributed by atoms with Crippen molar-refractivity contribution in [3.8, 4) is 0 Å². The van der Waals surface area contributed by atoms with E-state index in [1.807, 2.05) is 13.8 Å². The molecule has 0 nitrogen and oxygen atoms in total. The number of rotatable bonds is 0. The van der Waals surface area contributed by atoms with E-state index < -0.39 is 0 Å². The quantitative estimate of drug-likeness (QED) is 0.473. The van der Waals surface area contributed by atoms with Crippen molar-refractivity contribution in [1.29, 1.82) is 0 Å². The minimum Gasteiger partial charge on any atom is -0.0699 e. The molecule has 0 unspecified atom stereocenters. The van der Waals surface area contributed by atoms with Gasteiger partial charge in [0.15, 0.2) is 0 Å². The third-order valence-corrected chi connectivity index (χ3v) is 2.13. The molecule has 0 aromatic carbocycles. The summed E-state index contributed by atoms with van der Waals surface area (Å²) in [5, 5.41) is 0. The summed E-state index contributed by atoms with van der Waals surface area (Å²) in [4.78, 5) is 0. The molecule has 0 N–H and O–H groups in total. The zero-order valence-corrected chi connectivity index (χ0v) is 7.98. The van der Waals surface area contributed by atoms with E-state index in [4.69, 9.17) is 0 Å². The first kappa shape index (κ1) is 9.13. The third-order valence-electron chi connectivity index (χ3n) is 2.13. The molecule has 0 fully saturated rings. The van der Waals surface area contributed by atoms with Crippen molar-refractivity contribution in [2.45, 2.75) is 39.5 Å². The van der Waals surface area contributed by atoms with Gasteiger partial charge >= 0.3 is 0 Å². The summed E-state index contributed by atoms with van der Waals surface area (Å²) in [5.74, 6) is 0. The minimum absolute atomic E-state index is 1.25.